The summed E-state index contributed by atoms with van der Waals surface area (Å²) < 4.78 is 16.5. The molecule has 0 aliphatic rings. The molecule has 2 heterocycles. The number of pyridine rings is 1. The third-order valence-corrected chi connectivity index (χ3v) is 4.28. The molecule has 0 spiro atoms. The Labute approximate surface area is 156 Å². The van der Waals surface area contributed by atoms with Crippen molar-refractivity contribution in [2.24, 2.45) is 0 Å². The van der Waals surface area contributed by atoms with Gasteiger partial charge in [0.05, 0.1) is 24.8 Å². The van der Waals surface area contributed by atoms with Crippen LogP contribution >= 0.6 is 0 Å². The Morgan fingerprint density at radius 2 is 1.89 bits per heavy atom. The zero-order valence-electron chi connectivity index (χ0n) is 15.4. The molecule has 4 rings (SSSR count). The molecule has 0 N–H and O–H groups in total. The number of fused-ring (bicyclic) bond motifs is 1. The SMILES string of the molecule is CCOc1nc2c(C)cccc2cc1-c1noc(-c2cccc(OC)c2)n1. The van der Waals surface area contributed by atoms with Crippen LogP contribution < -0.4 is 9.47 Å². The minimum absolute atomic E-state index is 0.413. The lowest BCUT2D eigenvalue weighted by atomic mass is 10.1. The van der Waals surface area contributed by atoms with E-state index in [-0.39, 0.29) is 0 Å². The lowest BCUT2D eigenvalue weighted by Crippen LogP contribution is -1.99. The molecule has 0 aliphatic carbocycles. The van der Waals surface area contributed by atoms with Gasteiger partial charge in [0.2, 0.25) is 11.7 Å². The molecule has 0 amide bonds. The molecule has 0 radical (unpaired) electrons. The molecule has 6 heteroatoms. The van der Waals surface area contributed by atoms with Gasteiger partial charge in [-0.05, 0) is 43.7 Å². The van der Waals surface area contributed by atoms with Crippen molar-refractivity contribution in [1.29, 1.82) is 0 Å². The van der Waals surface area contributed by atoms with Gasteiger partial charge in [0.1, 0.15) is 5.75 Å². The molecule has 0 atom stereocenters. The van der Waals surface area contributed by atoms with E-state index < -0.39 is 0 Å². The Bertz CT molecular complexity index is 1100. The maximum atomic E-state index is 5.75. The number of methoxy groups -OCH3 is 1. The van der Waals surface area contributed by atoms with E-state index in [1.54, 1.807) is 7.11 Å². The van der Waals surface area contributed by atoms with Crippen LogP contribution in [0, 0.1) is 6.92 Å². The molecule has 0 fully saturated rings. The first-order chi connectivity index (χ1) is 13.2. The number of hydrogen-bond donors (Lipinski definition) is 0. The first kappa shape index (κ1) is 17.0. The Morgan fingerprint density at radius 1 is 1.04 bits per heavy atom. The molecule has 0 saturated carbocycles. The third-order valence-electron chi connectivity index (χ3n) is 4.28. The summed E-state index contributed by atoms with van der Waals surface area (Å²) in [5.41, 5.74) is 3.48. The van der Waals surface area contributed by atoms with E-state index in [1.165, 1.54) is 0 Å². The van der Waals surface area contributed by atoms with Crippen molar-refractivity contribution < 1.29 is 14.0 Å². The second kappa shape index (κ2) is 7.07. The van der Waals surface area contributed by atoms with Crippen LogP contribution in [0.25, 0.3) is 33.7 Å². The summed E-state index contributed by atoms with van der Waals surface area (Å²) in [4.78, 5) is 9.23. The van der Waals surface area contributed by atoms with Gasteiger partial charge >= 0.3 is 0 Å². The van der Waals surface area contributed by atoms with E-state index in [0.717, 1.165) is 27.8 Å². The summed E-state index contributed by atoms with van der Waals surface area (Å²) in [5, 5.41) is 5.14. The van der Waals surface area contributed by atoms with Crippen molar-refractivity contribution in [3.8, 4) is 34.5 Å². The highest BCUT2D eigenvalue weighted by Crippen LogP contribution is 2.32. The molecule has 0 bridgehead atoms. The number of nitrogens with zero attached hydrogens (tertiary/aromatic N) is 3. The molecule has 2 aromatic heterocycles. The van der Waals surface area contributed by atoms with E-state index in [2.05, 4.69) is 15.1 Å². The second-order valence-electron chi connectivity index (χ2n) is 6.08. The van der Waals surface area contributed by atoms with Crippen molar-refractivity contribution in [3.63, 3.8) is 0 Å². The predicted octanol–water partition coefficient (Wildman–Crippen LogP) is 4.67. The van der Waals surface area contributed by atoms with Crippen molar-refractivity contribution in [1.82, 2.24) is 15.1 Å². The van der Waals surface area contributed by atoms with Gasteiger partial charge in [-0.3, -0.25) is 0 Å². The zero-order chi connectivity index (χ0) is 18.8. The molecule has 0 saturated heterocycles. The summed E-state index contributed by atoms with van der Waals surface area (Å²) >= 11 is 0. The predicted molar refractivity (Wildman–Crippen MR) is 103 cm³/mol. The number of para-hydroxylation sites is 1. The molecule has 136 valence electrons. The van der Waals surface area contributed by atoms with Crippen molar-refractivity contribution in [3.05, 3.63) is 54.1 Å². The molecule has 4 aromatic rings. The Balaban J connectivity index is 1.82. The fourth-order valence-electron chi connectivity index (χ4n) is 2.94. The van der Waals surface area contributed by atoms with E-state index in [9.17, 15) is 0 Å². The minimum atomic E-state index is 0.413. The number of aryl methyl sites for hydroxylation is 1. The van der Waals surface area contributed by atoms with Crippen LogP contribution in [-0.2, 0) is 0 Å². The average molecular weight is 361 g/mol. The molecular weight excluding hydrogens is 342 g/mol. The van der Waals surface area contributed by atoms with Crippen molar-refractivity contribution in [2.75, 3.05) is 13.7 Å². The van der Waals surface area contributed by atoms with Gasteiger partial charge in [-0.1, -0.05) is 29.4 Å². The number of rotatable bonds is 5. The lowest BCUT2D eigenvalue weighted by Gasteiger charge is -2.09. The number of ether oxygens (including phenoxy) is 2. The monoisotopic (exact) mass is 361 g/mol. The van der Waals surface area contributed by atoms with Crippen LogP contribution in [-0.4, -0.2) is 28.8 Å². The Morgan fingerprint density at radius 3 is 2.70 bits per heavy atom. The first-order valence-corrected chi connectivity index (χ1v) is 8.71. The van der Waals surface area contributed by atoms with Gasteiger partial charge in [-0.15, -0.1) is 0 Å². The molecule has 6 nitrogen and oxygen atoms in total. The number of hydrogen-bond acceptors (Lipinski definition) is 6. The van der Waals surface area contributed by atoms with E-state index >= 15 is 0 Å². The quantitative estimate of drug-likeness (QED) is 0.514. The second-order valence-corrected chi connectivity index (χ2v) is 6.08. The standard InChI is InChI=1S/C21H19N3O3/c1-4-26-21-17(12-14-8-5-7-13(2)18(14)22-21)19-23-20(27-24-19)15-9-6-10-16(11-15)25-3/h5-12H,4H2,1-3H3. The molecule has 27 heavy (non-hydrogen) atoms. The first-order valence-electron chi connectivity index (χ1n) is 8.71. The molecule has 0 unspecified atom stereocenters. The van der Waals surface area contributed by atoms with Crippen LogP contribution in [0.5, 0.6) is 11.6 Å². The summed E-state index contributed by atoms with van der Waals surface area (Å²) in [6.07, 6.45) is 0. The van der Waals surface area contributed by atoms with Gasteiger partial charge in [0.25, 0.3) is 5.89 Å². The van der Waals surface area contributed by atoms with Crippen molar-refractivity contribution in [2.45, 2.75) is 13.8 Å². The summed E-state index contributed by atoms with van der Waals surface area (Å²) in [7, 11) is 1.62. The van der Waals surface area contributed by atoms with Gasteiger partial charge in [-0.2, -0.15) is 4.98 Å². The number of aromatic nitrogens is 3. The van der Waals surface area contributed by atoms with Crippen LogP contribution in [0.1, 0.15) is 12.5 Å². The smallest absolute Gasteiger partial charge is 0.258 e. The highest BCUT2D eigenvalue weighted by molar-refractivity contribution is 5.87. The Hall–Kier alpha value is -3.41. The normalized spacial score (nSPS) is 10.9. The fourth-order valence-corrected chi connectivity index (χ4v) is 2.94. The van der Waals surface area contributed by atoms with Crippen LogP contribution in [0.3, 0.4) is 0 Å². The van der Waals surface area contributed by atoms with Gasteiger partial charge in [-0.25, -0.2) is 4.98 Å². The largest absolute Gasteiger partial charge is 0.497 e. The molecule has 0 aliphatic heterocycles. The molecular formula is C21H19N3O3. The van der Waals surface area contributed by atoms with Gasteiger partial charge in [0.15, 0.2) is 0 Å². The highest BCUT2D eigenvalue weighted by Gasteiger charge is 2.18. The Kier molecular flexibility index (Phi) is 4.46. The summed E-state index contributed by atoms with van der Waals surface area (Å²) in [6.45, 7) is 4.45. The third kappa shape index (κ3) is 3.21. The summed E-state index contributed by atoms with van der Waals surface area (Å²) in [5.74, 6) is 2.07. The lowest BCUT2D eigenvalue weighted by molar-refractivity contribution is 0.329. The minimum Gasteiger partial charge on any atom is -0.497 e. The topological polar surface area (TPSA) is 70.3 Å². The maximum Gasteiger partial charge on any atom is 0.258 e. The average Bonchev–Trinajstić information content (AvgIpc) is 3.18. The van der Waals surface area contributed by atoms with Crippen LogP contribution in [0.4, 0.5) is 0 Å². The zero-order valence-corrected chi connectivity index (χ0v) is 15.4. The number of benzene rings is 2. The van der Waals surface area contributed by atoms with E-state index in [1.807, 2.05) is 62.4 Å². The molecule has 2 aromatic carbocycles. The van der Waals surface area contributed by atoms with Crippen LogP contribution in [0.15, 0.2) is 53.1 Å². The highest BCUT2D eigenvalue weighted by atomic mass is 16.5. The van der Waals surface area contributed by atoms with Crippen LogP contribution in [0.2, 0.25) is 0 Å². The van der Waals surface area contributed by atoms with E-state index in [0.29, 0.717) is 29.8 Å². The maximum absolute atomic E-state index is 5.75. The summed E-state index contributed by atoms with van der Waals surface area (Å²) in [6, 6.07) is 15.5. The van der Waals surface area contributed by atoms with E-state index in [4.69, 9.17) is 14.0 Å². The van der Waals surface area contributed by atoms with Gasteiger partial charge < -0.3 is 14.0 Å². The van der Waals surface area contributed by atoms with Gasteiger partial charge in [0, 0.05) is 10.9 Å². The fraction of sp³-hybridized carbons (Fsp3) is 0.190. The van der Waals surface area contributed by atoms with Crippen molar-refractivity contribution >= 4 is 10.9 Å².